The molecule has 0 aliphatic rings. The number of carbonyl (C=O) groups is 1. The number of benzene rings is 1. The summed E-state index contributed by atoms with van der Waals surface area (Å²) in [4.78, 5) is 10.9. The lowest BCUT2D eigenvalue weighted by molar-refractivity contribution is 0.1000. The zero-order valence-corrected chi connectivity index (χ0v) is 8.45. The van der Waals surface area contributed by atoms with Crippen LogP contribution in [0.15, 0.2) is 24.3 Å². The van der Waals surface area contributed by atoms with Crippen molar-refractivity contribution in [2.24, 2.45) is 5.73 Å². The maximum Gasteiger partial charge on any atom is 0.248 e. The van der Waals surface area contributed by atoms with Crippen molar-refractivity contribution in [2.45, 2.75) is 6.54 Å². The molecular formula is C10H15N3O. The highest BCUT2D eigenvalue weighted by Gasteiger charge is 2.00. The summed E-state index contributed by atoms with van der Waals surface area (Å²) in [5.41, 5.74) is 9.86. The second-order valence-corrected chi connectivity index (χ2v) is 3.29. The van der Waals surface area contributed by atoms with Crippen LogP contribution in [0.3, 0.4) is 0 Å². The van der Waals surface area contributed by atoms with E-state index in [2.05, 4.69) is 5.43 Å². The topological polar surface area (TPSA) is 58.4 Å². The highest BCUT2D eigenvalue weighted by atomic mass is 16.1. The number of nitrogens with two attached hydrogens (primary N) is 1. The van der Waals surface area contributed by atoms with Crippen LogP contribution < -0.4 is 11.2 Å². The number of carbonyl (C=O) groups excluding carboxylic acids is 1. The third-order valence-electron chi connectivity index (χ3n) is 1.81. The van der Waals surface area contributed by atoms with Gasteiger partial charge in [0.1, 0.15) is 0 Å². The van der Waals surface area contributed by atoms with Crippen LogP contribution in [0.25, 0.3) is 0 Å². The van der Waals surface area contributed by atoms with Crippen LogP contribution in [0.2, 0.25) is 0 Å². The maximum absolute atomic E-state index is 10.9. The molecule has 1 aromatic carbocycles. The predicted molar refractivity (Wildman–Crippen MR) is 55.5 cm³/mol. The van der Waals surface area contributed by atoms with Crippen molar-refractivity contribution in [3.63, 3.8) is 0 Å². The van der Waals surface area contributed by atoms with Gasteiger partial charge in [0, 0.05) is 26.2 Å². The summed E-state index contributed by atoms with van der Waals surface area (Å²) in [5.74, 6) is -0.392. The van der Waals surface area contributed by atoms with Gasteiger partial charge < -0.3 is 5.73 Å². The normalized spacial score (nSPS) is 10.5. The Morgan fingerprint density at radius 3 is 2.79 bits per heavy atom. The monoisotopic (exact) mass is 193 g/mol. The first-order valence-electron chi connectivity index (χ1n) is 4.39. The van der Waals surface area contributed by atoms with Crippen molar-refractivity contribution in [1.29, 1.82) is 0 Å². The fraction of sp³-hybridized carbons (Fsp3) is 0.300. The molecule has 4 heteroatoms. The largest absolute Gasteiger partial charge is 0.366 e. The molecule has 1 amide bonds. The Morgan fingerprint density at radius 2 is 2.21 bits per heavy atom. The number of hydrogen-bond acceptors (Lipinski definition) is 3. The number of rotatable bonds is 4. The molecule has 0 saturated carbocycles. The smallest absolute Gasteiger partial charge is 0.248 e. The lowest BCUT2D eigenvalue weighted by Crippen LogP contribution is -2.29. The standard InChI is InChI=1S/C10H15N3O/c1-13(2)12-7-8-4-3-5-9(6-8)10(11)14/h3-6,12H,7H2,1-2H3,(H2,11,14). The fourth-order valence-electron chi connectivity index (χ4n) is 1.08. The number of hydrazine groups is 1. The van der Waals surface area contributed by atoms with E-state index in [1.165, 1.54) is 0 Å². The van der Waals surface area contributed by atoms with Gasteiger partial charge in [0.05, 0.1) is 0 Å². The average Bonchev–Trinajstić information content (AvgIpc) is 2.15. The van der Waals surface area contributed by atoms with Crippen molar-refractivity contribution in [1.82, 2.24) is 10.4 Å². The Bertz CT molecular complexity index is 323. The third kappa shape index (κ3) is 3.16. The average molecular weight is 193 g/mol. The van der Waals surface area contributed by atoms with Gasteiger partial charge in [-0.2, -0.15) is 0 Å². The number of nitrogens with zero attached hydrogens (tertiary/aromatic N) is 1. The van der Waals surface area contributed by atoms with Crippen LogP contribution in [-0.4, -0.2) is 25.0 Å². The lowest BCUT2D eigenvalue weighted by Gasteiger charge is -2.11. The molecule has 0 radical (unpaired) electrons. The van der Waals surface area contributed by atoms with Crippen molar-refractivity contribution in [3.8, 4) is 0 Å². The molecule has 4 nitrogen and oxygen atoms in total. The maximum atomic E-state index is 10.9. The van der Waals surface area contributed by atoms with E-state index in [1.807, 2.05) is 31.2 Å². The molecule has 0 bridgehead atoms. The van der Waals surface area contributed by atoms with Gasteiger partial charge in [-0.25, -0.2) is 0 Å². The molecule has 0 saturated heterocycles. The molecule has 3 N–H and O–H groups in total. The van der Waals surface area contributed by atoms with Gasteiger partial charge in [-0.1, -0.05) is 12.1 Å². The number of nitrogens with one attached hydrogen (secondary N) is 1. The summed E-state index contributed by atoms with van der Waals surface area (Å²) in [6.07, 6.45) is 0. The summed E-state index contributed by atoms with van der Waals surface area (Å²) in [6.45, 7) is 0.689. The van der Waals surface area contributed by atoms with Gasteiger partial charge in [0.25, 0.3) is 0 Å². The van der Waals surface area contributed by atoms with Gasteiger partial charge in [-0.05, 0) is 17.7 Å². The molecule has 0 atom stereocenters. The van der Waals surface area contributed by atoms with E-state index >= 15 is 0 Å². The van der Waals surface area contributed by atoms with Gasteiger partial charge in [0.2, 0.25) is 5.91 Å². The minimum atomic E-state index is -0.392. The van der Waals surface area contributed by atoms with E-state index < -0.39 is 5.91 Å². The molecule has 1 aromatic rings. The van der Waals surface area contributed by atoms with Crippen molar-refractivity contribution >= 4 is 5.91 Å². The van der Waals surface area contributed by atoms with E-state index in [4.69, 9.17) is 5.73 Å². The Balaban J connectivity index is 2.69. The predicted octanol–water partition coefficient (Wildman–Crippen LogP) is 0.352. The van der Waals surface area contributed by atoms with Gasteiger partial charge >= 0.3 is 0 Å². The summed E-state index contributed by atoms with van der Waals surface area (Å²) in [7, 11) is 3.83. The van der Waals surface area contributed by atoms with E-state index in [9.17, 15) is 4.79 Å². The van der Waals surface area contributed by atoms with Gasteiger partial charge in [-0.15, -0.1) is 0 Å². The highest BCUT2D eigenvalue weighted by Crippen LogP contribution is 2.04. The molecule has 1 rings (SSSR count). The quantitative estimate of drug-likeness (QED) is 0.678. The van der Waals surface area contributed by atoms with Crippen molar-refractivity contribution < 1.29 is 4.79 Å². The fourth-order valence-corrected chi connectivity index (χ4v) is 1.08. The van der Waals surface area contributed by atoms with E-state index in [0.717, 1.165) is 5.56 Å². The molecule has 0 spiro atoms. The van der Waals surface area contributed by atoms with E-state index in [-0.39, 0.29) is 0 Å². The molecular weight excluding hydrogens is 178 g/mol. The molecule has 76 valence electrons. The first kappa shape index (κ1) is 10.7. The Labute approximate surface area is 83.7 Å². The summed E-state index contributed by atoms with van der Waals surface area (Å²) in [6, 6.07) is 7.27. The number of amides is 1. The van der Waals surface area contributed by atoms with Crippen LogP contribution >= 0.6 is 0 Å². The van der Waals surface area contributed by atoms with Gasteiger partial charge in [0.15, 0.2) is 0 Å². The van der Waals surface area contributed by atoms with Gasteiger partial charge in [-0.3, -0.25) is 15.2 Å². The molecule has 0 heterocycles. The Morgan fingerprint density at radius 1 is 1.50 bits per heavy atom. The van der Waals surface area contributed by atoms with Crippen LogP contribution in [0, 0.1) is 0 Å². The van der Waals surface area contributed by atoms with E-state index in [0.29, 0.717) is 12.1 Å². The molecule has 0 aliphatic carbocycles. The first-order chi connectivity index (χ1) is 6.59. The third-order valence-corrected chi connectivity index (χ3v) is 1.81. The van der Waals surface area contributed by atoms with Crippen LogP contribution in [0.5, 0.6) is 0 Å². The van der Waals surface area contributed by atoms with E-state index in [1.54, 1.807) is 12.1 Å². The molecule has 0 unspecified atom stereocenters. The highest BCUT2D eigenvalue weighted by molar-refractivity contribution is 5.92. The zero-order valence-electron chi connectivity index (χ0n) is 8.45. The van der Waals surface area contributed by atoms with Crippen LogP contribution in [-0.2, 0) is 6.54 Å². The summed E-state index contributed by atoms with van der Waals surface area (Å²) >= 11 is 0. The number of hydrogen-bond donors (Lipinski definition) is 2. The van der Waals surface area contributed by atoms with Crippen molar-refractivity contribution in [2.75, 3.05) is 14.1 Å². The summed E-state index contributed by atoms with van der Waals surface area (Å²) < 4.78 is 0. The first-order valence-corrected chi connectivity index (χ1v) is 4.39. The molecule has 14 heavy (non-hydrogen) atoms. The minimum absolute atomic E-state index is 0.392. The van der Waals surface area contributed by atoms with Crippen LogP contribution in [0.1, 0.15) is 15.9 Å². The minimum Gasteiger partial charge on any atom is -0.366 e. The molecule has 0 aromatic heterocycles. The second-order valence-electron chi connectivity index (χ2n) is 3.29. The molecule has 0 fully saturated rings. The zero-order chi connectivity index (χ0) is 10.6. The Hall–Kier alpha value is -1.39. The summed E-state index contributed by atoms with van der Waals surface area (Å²) in [5, 5.41) is 1.86. The number of primary amides is 1. The SMILES string of the molecule is CN(C)NCc1cccc(C(N)=O)c1. The lowest BCUT2D eigenvalue weighted by atomic mass is 10.1. The van der Waals surface area contributed by atoms with Crippen molar-refractivity contribution in [3.05, 3.63) is 35.4 Å². The Kier molecular flexibility index (Phi) is 3.62. The van der Waals surface area contributed by atoms with Crippen LogP contribution in [0.4, 0.5) is 0 Å². The second kappa shape index (κ2) is 4.74. The molecule has 0 aliphatic heterocycles.